The maximum absolute atomic E-state index is 13.2. The molecule has 0 bridgehead atoms. The zero-order chi connectivity index (χ0) is 19.5. The van der Waals surface area contributed by atoms with Gasteiger partial charge >= 0.3 is 0 Å². The monoisotopic (exact) mass is 394 g/mol. The van der Waals surface area contributed by atoms with Crippen molar-refractivity contribution in [3.05, 3.63) is 77.7 Å². The van der Waals surface area contributed by atoms with Crippen LogP contribution in [0.15, 0.2) is 66.5 Å². The third-order valence-electron chi connectivity index (χ3n) is 4.64. The van der Waals surface area contributed by atoms with E-state index in [0.717, 1.165) is 17.4 Å². The van der Waals surface area contributed by atoms with Crippen LogP contribution < -0.4 is 9.47 Å². The zero-order valence-corrected chi connectivity index (χ0v) is 16.1. The molecule has 0 saturated heterocycles. The number of carbonyl (C=O) groups excluding carboxylic acids is 1. The number of alkyl halides is 1. The van der Waals surface area contributed by atoms with Crippen LogP contribution in [0.2, 0.25) is 0 Å². The van der Waals surface area contributed by atoms with Crippen LogP contribution in [0.4, 0.5) is 0 Å². The minimum atomic E-state index is -0.150. The predicted octanol–water partition coefficient (Wildman–Crippen LogP) is 4.68. The van der Waals surface area contributed by atoms with E-state index in [0.29, 0.717) is 34.9 Å². The lowest BCUT2D eigenvalue weighted by atomic mass is 10.0. The topological polar surface area (TPSA) is 64.2 Å². The van der Waals surface area contributed by atoms with Gasteiger partial charge in [0.25, 0.3) is 0 Å². The lowest BCUT2D eigenvalue weighted by Crippen LogP contribution is -2.08. The SMILES string of the molecule is COc1c(OCC2=CCC(Cl)C=C2)cccc1C(=O)c1c[nH]c2ncccc12. The molecule has 0 saturated carbocycles. The van der Waals surface area contributed by atoms with E-state index in [-0.39, 0.29) is 11.2 Å². The highest BCUT2D eigenvalue weighted by Crippen LogP contribution is 2.34. The van der Waals surface area contributed by atoms with E-state index in [4.69, 9.17) is 21.1 Å². The first-order valence-corrected chi connectivity index (χ1v) is 9.39. The van der Waals surface area contributed by atoms with Crippen LogP contribution in [0.1, 0.15) is 22.3 Å². The number of ether oxygens (including phenoxy) is 2. The molecule has 6 heteroatoms. The normalized spacial score (nSPS) is 16.1. The number of nitrogens with one attached hydrogen (secondary N) is 1. The summed E-state index contributed by atoms with van der Waals surface area (Å²) in [5.74, 6) is 0.790. The molecule has 1 aliphatic rings. The molecule has 0 radical (unpaired) electrons. The Morgan fingerprint density at radius 3 is 2.96 bits per heavy atom. The average molecular weight is 395 g/mol. The van der Waals surface area contributed by atoms with Crippen molar-refractivity contribution in [3.63, 3.8) is 0 Å². The number of nitrogens with zero attached hydrogens (tertiary/aromatic N) is 1. The Balaban J connectivity index is 1.62. The van der Waals surface area contributed by atoms with Gasteiger partial charge in [-0.25, -0.2) is 4.98 Å². The van der Waals surface area contributed by atoms with Crippen LogP contribution in [0, 0.1) is 0 Å². The van der Waals surface area contributed by atoms with E-state index in [1.165, 1.54) is 7.11 Å². The Kier molecular flexibility index (Phi) is 5.17. The van der Waals surface area contributed by atoms with E-state index < -0.39 is 0 Å². The minimum Gasteiger partial charge on any atom is -0.492 e. The minimum absolute atomic E-state index is 0.0323. The van der Waals surface area contributed by atoms with Crippen LogP contribution in [0.3, 0.4) is 0 Å². The van der Waals surface area contributed by atoms with Crippen molar-refractivity contribution in [1.82, 2.24) is 9.97 Å². The quantitative estimate of drug-likeness (QED) is 0.487. The molecule has 28 heavy (non-hydrogen) atoms. The number of para-hydroxylation sites is 1. The highest BCUT2D eigenvalue weighted by molar-refractivity contribution is 6.22. The maximum atomic E-state index is 13.2. The summed E-state index contributed by atoms with van der Waals surface area (Å²) in [5, 5.41) is 0.805. The van der Waals surface area contributed by atoms with Gasteiger partial charge in [-0.3, -0.25) is 4.79 Å². The molecule has 0 amide bonds. The Labute approximate surface area is 167 Å². The van der Waals surface area contributed by atoms with Crippen LogP contribution >= 0.6 is 11.6 Å². The number of H-pyrrole nitrogens is 1. The molecule has 1 N–H and O–H groups in total. The van der Waals surface area contributed by atoms with E-state index in [1.54, 1.807) is 36.7 Å². The third-order valence-corrected chi connectivity index (χ3v) is 4.97. The van der Waals surface area contributed by atoms with Gasteiger partial charge in [0.1, 0.15) is 12.3 Å². The number of benzene rings is 1. The van der Waals surface area contributed by atoms with Crippen molar-refractivity contribution in [3.8, 4) is 11.5 Å². The maximum Gasteiger partial charge on any atom is 0.199 e. The van der Waals surface area contributed by atoms with Crippen molar-refractivity contribution < 1.29 is 14.3 Å². The van der Waals surface area contributed by atoms with Gasteiger partial charge < -0.3 is 14.5 Å². The van der Waals surface area contributed by atoms with Gasteiger partial charge in [0.05, 0.1) is 18.1 Å². The number of pyridine rings is 1. The summed E-state index contributed by atoms with van der Waals surface area (Å²) >= 11 is 6.06. The van der Waals surface area contributed by atoms with Crippen molar-refractivity contribution in [2.24, 2.45) is 0 Å². The number of carbonyl (C=O) groups is 1. The summed E-state index contributed by atoms with van der Waals surface area (Å²) in [6.45, 7) is 0.380. The molecule has 1 aromatic carbocycles. The first-order chi connectivity index (χ1) is 13.7. The summed E-state index contributed by atoms with van der Waals surface area (Å²) in [4.78, 5) is 20.4. The lowest BCUT2D eigenvalue weighted by molar-refractivity contribution is 0.103. The highest BCUT2D eigenvalue weighted by Gasteiger charge is 2.21. The summed E-state index contributed by atoms with van der Waals surface area (Å²) < 4.78 is 11.5. The van der Waals surface area contributed by atoms with Crippen LogP contribution in [0.25, 0.3) is 11.0 Å². The summed E-state index contributed by atoms with van der Waals surface area (Å²) in [6.07, 6.45) is 10.1. The number of ketones is 1. The Hall–Kier alpha value is -3.05. The van der Waals surface area contributed by atoms with E-state index >= 15 is 0 Å². The highest BCUT2D eigenvalue weighted by atomic mass is 35.5. The zero-order valence-electron chi connectivity index (χ0n) is 15.3. The number of aromatic amines is 1. The van der Waals surface area contributed by atoms with Gasteiger partial charge in [-0.15, -0.1) is 11.6 Å². The third kappa shape index (κ3) is 3.53. The number of methoxy groups -OCH3 is 1. The molecule has 1 atom stereocenters. The van der Waals surface area contributed by atoms with Gasteiger partial charge in [-0.2, -0.15) is 0 Å². The number of fused-ring (bicyclic) bond motifs is 1. The van der Waals surface area contributed by atoms with Crippen molar-refractivity contribution in [2.75, 3.05) is 13.7 Å². The summed E-state index contributed by atoms with van der Waals surface area (Å²) in [7, 11) is 1.54. The molecular formula is C22H19ClN2O3. The molecule has 0 aliphatic heterocycles. The number of halogens is 1. The average Bonchev–Trinajstić information content (AvgIpc) is 3.16. The standard InChI is InChI=1S/C22H19ClN2O3/c1-27-21-17(20(26)18-12-25-22-16(18)5-3-11-24-22)4-2-6-19(21)28-13-14-7-9-15(23)10-8-14/h2-9,11-12,15H,10,13H2,1H3,(H,24,25). The molecule has 1 unspecified atom stereocenters. The fraction of sp³-hybridized carbons (Fsp3) is 0.182. The Morgan fingerprint density at radius 2 is 2.18 bits per heavy atom. The fourth-order valence-electron chi connectivity index (χ4n) is 3.21. The Bertz CT molecular complexity index is 1080. The number of allylic oxidation sites excluding steroid dienone is 2. The van der Waals surface area contributed by atoms with Crippen LogP contribution in [0.5, 0.6) is 11.5 Å². The number of hydrogen-bond donors (Lipinski definition) is 1. The van der Waals surface area contributed by atoms with E-state index in [1.807, 2.05) is 18.2 Å². The van der Waals surface area contributed by atoms with Crippen molar-refractivity contribution in [1.29, 1.82) is 0 Å². The first-order valence-electron chi connectivity index (χ1n) is 8.95. The largest absolute Gasteiger partial charge is 0.492 e. The van der Waals surface area contributed by atoms with Gasteiger partial charge in [-0.1, -0.05) is 24.3 Å². The molecule has 142 valence electrons. The van der Waals surface area contributed by atoms with Crippen LogP contribution in [-0.4, -0.2) is 34.8 Å². The Morgan fingerprint density at radius 1 is 1.29 bits per heavy atom. The van der Waals surface area contributed by atoms with Gasteiger partial charge in [0, 0.05) is 23.3 Å². The van der Waals surface area contributed by atoms with Gasteiger partial charge in [0.15, 0.2) is 17.3 Å². The van der Waals surface area contributed by atoms with E-state index in [9.17, 15) is 4.79 Å². The number of hydrogen-bond acceptors (Lipinski definition) is 4. The second kappa shape index (κ2) is 7.90. The lowest BCUT2D eigenvalue weighted by Gasteiger charge is -2.15. The molecule has 0 spiro atoms. The number of rotatable bonds is 6. The molecule has 2 heterocycles. The van der Waals surface area contributed by atoms with Gasteiger partial charge in [-0.05, 0) is 36.3 Å². The number of aromatic nitrogens is 2. The predicted molar refractivity (Wildman–Crippen MR) is 109 cm³/mol. The molecule has 3 aromatic rings. The first kappa shape index (κ1) is 18.3. The smallest absolute Gasteiger partial charge is 0.199 e. The van der Waals surface area contributed by atoms with Crippen molar-refractivity contribution in [2.45, 2.75) is 11.8 Å². The second-order valence-corrected chi connectivity index (χ2v) is 7.01. The molecule has 4 rings (SSSR count). The summed E-state index contributed by atoms with van der Waals surface area (Å²) in [6, 6.07) is 8.99. The molecule has 0 fully saturated rings. The fourth-order valence-corrected chi connectivity index (χ4v) is 3.38. The molecule has 5 nitrogen and oxygen atoms in total. The molecule has 1 aliphatic carbocycles. The van der Waals surface area contributed by atoms with Crippen molar-refractivity contribution >= 4 is 28.4 Å². The molecular weight excluding hydrogens is 376 g/mol. The van der Waals surface area contributed by atoms with Crippen LogP contribution in [-0.2, 0) is 0 Å². The summed E-state index contributed by atoms with van der Waals surface area (Å²) in [5.41, 5.74) is 2.70. The van der Waals surface area contributed by atoms with Gasteiger partial charge in [0.2, 0.25) is 0 Å². The van der Waals surface area contributed by atoms with E-state index in [2.05, 4.69) is 16.0 Å². The second-order valence-electron chi connectivity index (χ2n) is 6.45. The molecule has 2 aromatic heterocycles.